The molecule has 0 aromatic heterocycles. The molecule has 0 aliphatic heterocycles. The van der Waals surface area contributed by atoms with Gasteiger partial charge in [-0.2, -0.15) is 0 Å². The number of hydrogen-bond donors (Lipinski definition) is 1. The molecule has 1 atom stereocenters. The molecule has 6 heteroatoms. The van der Waals surface area contributed by atoms with E-state index in [9.17, 15) is 12.8 Å². The third kappa shape index (κ3) is 3.94. The Morgan fingerprint density at radius 1 is 1.12 bits per heavy atom. The zero-order valence-corrected chi connectivity index (χ0v) is 15.1. The highest BCUT2D eigenvalue weighted by Crippen LogP contribution is 2.26. The summed E-state index contributed by atoms with van der Waals surface area (Å²) >= 11 is 0. The van der Waals surface area contributed by atoms with Gasteiger partial charge in [-0.25, -0.2) is 17.5 Å². The molecular formula is C18H22FNO3S. The molecule has 0 radical (unpaired) electrons. The molecule has 4 nitrogen and oxygen atoms in total. The Hall–Kier alpha value is -1.92. The lowest BCUT2D eigenvalue weighted by Crippen LogP contribution is -2.29. The van der Waals surface area contributed by atoms with Gasteiger partial charge in [-0.1, -0.05) is 19.1 Å². The molecule has 0 saturated heterocycles. The highest BCUT2D eigenvalue weighted by atomic mass is 32.2. The Balaban J connectivity index is 2.33. The SMILES string of the molecule is CCC(NS(=O)(=O)c1ccc(F)cc1C)c1ccc(OC)c(C)c1. The van der Waals surface area contributed by atoms with Crippen molar-refractivity contribution in [3.05, 3.63) is 58.9 Å². The van der Waals surface area contributed by atoms with Gasteiger partial charge in [-0.15, -0.1) is 0 Å². The van der Waals surface area contributed by atoms with Crippen LogP contribution in [0.4, 0.5) is 4.39 Å². The van der Waals surface area contributed by atoms with E-state index in [1.807, 2.05) is 32.0 Å². The summed E-state index contributed by atoms with van der Waals surface area (Å²) < 4.78 is 46.5. The molecular weight excluding hydrogens is 329 g/mol. The van der Waals surface area contributed by atoms with Crippen LogP contribution in [0.15, 0.2) is 41.3 Å². The van der Waals surface area contributed by atoms with Crippen LogP contribution in [0, 0.1) is 19.7 Å². The fourth-order valence-corrected chi connectivity index (χ4v) is 4.20. The van der Waals surface area contributed by atoms with Crippen molar-refractivity contribution >= 4 is 10.0 Å². The van der Waals surface area contributed by atoms with E-state index >= 15 is 0 Å². The maximum absolute atomic E-state index is 13.2. The van der Waals surface area contributed by atoms with E-state index in [-0.39, 0.29) is 10.9 Å². The Bertz CT molecular complexity index is 834. The lowest BCUT2D eigenvalue weighted by atomic mass is 10.0. The number of methoxy groups -OCH3 is 1. The first-order valence-corrected chi connectivity index (χ1v) is 9.19. The summed E-state index contributed by atoms with van der Waals surface area (Å²) in [6.07, 6.45) is 0.589. The zero-order chi connectivity index (χ0) is 17.9. The minimum atomic E-state index is -3.74. The van der Waals surface area contributed by atoms with Crippen molar-refractivity contribution in [2.75, 3.05) is 7.11 Å². The first-order valence-electron chi connectivity index (χ1n) is 7.71. The third-order valence-electron chi connectivity index (χ3n) is 3.95. The number of rotatable bonds is 6. The minimum absolute atomic E-state index is 0.0904. The summed E-state index contributed by atoms with van der Waals surface area (Å²) in [5, 5.41) is 0. The molecule has 0 saturated carbocycles. The van der Waals surface area contributed by atoms with E-state index in [4.69, 9.17) is 4.74 Å². The fraction of sp³-hybridized carbons (Fsp3) is 0.333. The predicted octanol–water partition coefficient (Wildman–Crippen LogP) is 3.88. The number of aryl methyl sites for hydroxylation is 2. The van der Waals surface area contributed by atoms with Crippen LogP contribution in [-0.4, -0.2) is 15.5 Å². The topological polar surface area (TPSA) is 55.4 Å². The van der Waals surface area contributed by atoms with E-state index in [0.717, 1.165) is 22.9 Å². The van der Waals surface area contributed by atoms with Crippen LogP contribution < -0.4 is 9.46 Å². The van der Waals surface area contributed by atoms with Crippen LogP contribution in [-0.2, 0) is 10.0 Å². The van der Waals surface area contributed by atoms with Gasteiger partial charge in [-0.05, 0) is 61.2 Å². The Morgan fingerprint density at radius 3 is 2.38 bits per heavy atom. The van der Waals surface area contributed by atoms with Crippen molar-refractivity contribution in [3.8, 4) is 5.75 Å². The number of hydrogen-bond acceptors (Lipinski definition) is 3. The maximum atomic E-state index is 13.2. The summed E-state index contributed by atoms with van der Waals surface area (Å²) in [6.45, 7) is 5.40. The van der Waals surface area contributed by atoms with Crippen LogP contribution >= 0.6 is 0 Å². The molecule has 130 valence electrons. The molecule has 1 N–H and O–H groups in total. The summed E-state index contributed by atoms with van der Waals surface area (Å²) in [7, 11) is -2.15. The van der Waals surface area contributed by atoms with Crippen LogP contribution in [0.25, 0.3) is 0 Å². The number of benzene rings is 2. The van der Waals surface area contributed by atoms with E-state index < -0.39 is 15.8 Å². The number of sulfonamides is 1. The van der Waals surface area contributed by atoms with Gasteiger partial charge in [0, 0.05) is 6.04 Å². The molecule has 0 amide bonds. The standard InChI is InChI=1S/C18H22FNO3S/c1-5-16(14-6-8-17(23-4)12(2)10-14)20-24(21,22)18-9-7-15(19)11-13(18)3/h6-11,16,20H,5H2,1-4H3. The number of ether oxygens (including phenoxy) is 1. The molecule has 0 bridgehead atoms. The average Bonchev–Trinajstić information content (AvgIpc) is 2.52. The molecule has 0 aliphatic carbocycles. The van der Waals surface area contributed by atoms with Crippen molar-refractivity contribution < 1.29 is 17.5 Å². The van der Waals surface area contributed by atoms with Gasteiger partial charge in [0.25, 0.3) is 0 Å². The minimum Gasteiger partial charge on any atom is -0.496 e. The molecule has 2 rings (SSSR count). The summed E-state index contributed by atoms with van der Waals surface area (Å²) in [5.41, 5.74) is 2.17. The molecule has 0 heterocycles. The average molecular weight is 351 g/mol. The van der Waals surface area contributed by atoms with Crippen LogP contribution in [0.5, 0.6) is 5.75 Å². The van der Waals surface area contributed by atoms with Crippen molar-refractivity contribution in [1.29, 1.82) is 0 Å². The van der Waals surface area contributed by atoms with Gasteiger partial charge in [0.15, 0.2) is 0 Å². The lowest BCUT2D eigenvalue weighted by molar-refractivity contribution is 0.411. The highest BCUT2D eigenvalue weighted by Gasteiger charge is 2.22. The first kappa shape index (κ1) is 18.4. The normalized spacial score (nSPS) is 12.9. The summed E-state index contributed by atoms with van der Waals surface area (Å²) in [6, 6.07) is 8.87. The molecule has 1 unspecified atom stereocenters. The summed E-state index contributed by atoms with van der Waals surface area (Å²) in [5.74, 6) is 0.301. The van der Waals surface area contributed by atoms with Crippen LogP contribution in [0.3, 0.4) is 0 Å². The second kappa shape index (κ2) is 7.32. The highest BCUT2D eigenvalue weighted by molar-refractivity contribution is 7.89. The van der Waals surface area contributed by atoms with Gasteiger partial charge >= 0.3 is 0 Å². The lowest BCUT2D eigenvalue weighted by Gasteiger charge is -2.19. The number of nitrogens with one attached hydrogen (secondary N) is 1. The van der Waals surface area contributed by atoms with Gasteiger partial charge in [0.1, 0.15) is 11.6 Å². The maximum Gasteiger partial charge on any atom is 0.241 e. The summed E-state index contributed by atoms with van der Waals surface area (Å²) in [4.78, 5) is 0.0904. The number of halogens is 1. The second-order valence-corrected chi connectivity index (χ2v) is 7.40. The predicted molar refractivity (Wildman–Crippen MR) is 92.2 cm³/mol. The molecule has 0 aliphatic rings. The molecule has 24 heavy (non-hydrogen) atoms. The Kier molecular flexibility index (Phi) is 5.62. The van der Waals surface area contributed by atoms with Crippen molar-refractivity contribution in [2.24, 2.45) is 0 Å². The quantitative estimate of drug-likeness (QED) is 0.859. The monoisotopic (exact) mass is 351 g/mol. The van der Waals surface area contributed by atoms with E-state index in [2.05, 4.69) is 4.72 Å². The van der Waals surface area contributed by atoms with Crippen molar-refractivity contribution in [2.45, 2.75) is 38.1 Å². The smallest absolute Gasteiger partial charge is 0.241 e. The second-order valence-electron chi connectivity index (χ2n) is 5.72. The van der Waals surface area contributed by atoms with Gasteiger partial charge in [0.05, 0.1) is 12.0 Å². The van der Waals surface area contributed by atoms with Crippen LogP contribution in [0.1, 0.15) is 36.1 Å². The first-order chi connectivity index (χ1) is 11.3. The Labute approximate surface area is 142 Å². The van der Waals surface area contributed by atoms with Crippen molar-refractivity contribution in [1.82, 2.24) is 4.72 Å². The van der Waals surface area contributed by atoms with Gasteiger partial charge < -0.3 is 4.74 Å². The van der Waals surface area contributed by atoms with Gasteiger partial charge in [0.2, 0.25) is 10.0 Å². The molecule has 2 aromatic rings. The molecule has 2 aromatic carbocycles. The Morgan fingerprint density at radius 2 is 1.83 bits per heavy atom. The van der Waals surface area contributed by atoms with Gasteiger partial charge in [-0.3, -0.25) is 0 Å². The molecule has 0 fully saturated rings. The largest absolute Gasteiger partial charge is 0.496 e. The third-order valence-corrected chi connectivity index (χ3v) is 5.59. The zero-order valence-electron chi connectivity index (χ0n) is 14.3. The van der Waals surface area contributed by atoms with E-state index in [1.165, 1.54) is 12.1 Å². The van der Waals surface area contributed by atoms with Crippen molar-refractivity contribution in [3.63, 3.8) is 0 Å². The van der Waals surface area contributed by atoms with E-state index in [0.29, 0.717) is 12.0 Å². The van der Waals surface area contributed by atoms with Crippen LogP contribution in [0.2, 0.25) is 0 Å². The molecule has 0 spiro atoms. The fourth-order valence-electron chi connectivity index (χ4n) is 2.67. The van der Waals surface area contributed by atoms with E-state index in [1.54, 1.807) is 14.0 Å².